The SMILES string of the molecule is CCc1nc(CN[C@H](C)Cn2cccn2)cs1. The molecule has 0 unspecified atom stereocenters. The van der Waals surface area contributed by atoms with Gasteiger partial charge in [-0.15, -0.1) is 11.3 Å². The Kier molecular flexibility index (Phi) is 4.28. The minimum absolute atomic E-state index is 0.390. The fourth-order valence-corrected chi connectivity index (χ4v) is 2.37. The summed E-state index contributed by atoms with van der Waals surface area (Å²) in [6, 6.07) is 2.34. The van der Waals surface area contributed by atoms with Gasteiger partial charge in [-0.1, -0.05) is 6.92 Å². The lowest BCUT2D eigenvalue weighted by Gasteiger charge is -2.12. The van der Waals surface area contributed by atoms with Crippen LogP contribution >= 0.6 is 11.3 Å². The third-order valence-corrected chi connectivity index (χ3v) is 3.60. The molecule has 0 aliphatic carbocycles. The van der Waals surface area contributed by atoms with Gasteiger partial charge in [-0.25, -0.2) is 4.98 Å². The average Bonchev–Trinajstić information content (AvgIpc) is 2.96. The Morgan fingerprint density at radius 3 is 3.06 bits per heavy atom. The van der Waals surface area contributed by atoms with Gasteiger partial charge < -0.3 is 5.32 Å². The molecule has 0 saturated heterocycles. The van der Waals surface area contributed by atoms with E-state index in [4.69, 9.17) is 0 Å². The Balaban J connectivity index is 1.77. The van der Waals surface area contributed by atoms with E-state index in [1.165, 1.54) is 5.01 Å². The van der Waals surface area contributed by atoms with Gasteiger partial charge in [-0.05, 0) is 19.4 Å². The van der Waals surface area contributed by atoms with Crippen LogP contribution in [0, 0.1) is 0 Å². The largest absolute Gasteiger partial charge is 0.307 e. The summed E-state index contributed by atoms with van der Waals surface area (Å²) in [6.45, 7) is 6.02. The Bertz CT molecular complexity index is 435. The number of hydrogen-bond acceptors (Lipinski definition) is 4. The van der Waals surface area contributed by atoms with Gasteiger partial charge in [0.25, 0.3) is 0 Å². The maximum absolute atomic E-state index is 4.53. The zero-order valence-electron chi connectivity index (χ0n) is 10.3. The zero-order valence-corrected chi connectivity index (χ0v) is 11.1. The van der Waals surface area contributed by atoms with Crippen LogP contribution < -0.4 is 5.32 Å². The molecule has 2 aromatic rings. The molecule has 0 radical (unpaired) electrons. The summed E-state index contributed by atoms with van der Waals surface area (Å²) in [7, 11) is 0. The molecular weight excluding hydrogens is 232 g/mol. The van der Waals surface area contributed by atoms with Crippen LogP contribution in [-0.2, 0) is 19.5 Å². The Labute approximate surface area is 106 Å². The van der Waals surface area contributed by atoms with Gasteiger partial charge >= 0.3 is 0 Å². The summed E-state index contributed by atoms with van der Waals surface area (Å²) in [5, 5.41) is 11.0. The van der Waals surface area contributed by atoms with Crippen LogP contribution in [0.2, 0.25) is 0 Å². The van der Waals surface area contributed by atoms with E-state index in [0.29, 0.717) is 6.04 Å². The molecule has 92 valence electrons. The minimum atomic E-state index is 0.390. The van der Waals surface area contributed by atoms with E-state index in [0.717, 1.165) is 25.2 Å². The van der Waals surface area contributed by atoms with E-state index in [2.05, 4.69) is 34.6 Å². The average molecular weight is 250 g/mol. The predicted molar refractivity (Wildman–Crippen MR) is 70.0 cm³/mol. The molecule has 2 rings (SSSR count). The maximum atomic E-state index is 4.53. The lowest BCUT2D eigenvalue weighted by Crippen LogP contribution is -2.30. The molecule has 0 aliphatic rings. The number of aromatic nitrogens is 3. The van der Waals surface area contributed by atoms with E-state index >= 15 is 0 Å². The molecule has 5 heteroatoms. The quantitative estimate of drug-likeness (QED) is 0.853. The molecule has 1 atom stereocenters. The molecule has 2 aromatic heterocycles. The topological polar surface area (TPSA) is 42.7 Å². The van der Waals surface area contributed by atoms with Gasteiger partial charge in [-0.3, -0.25) is 4.68 Å². The Morgan fingerprint density at radius 2 is 2.41 bits per heavy atom. The fraction of sp³-hybridized carbons (Fsp3) is 0.500. The van der Waals surface area contributed by atoms with Crippen LogP contribution in [0.4, 0.5) is 0 Å². The van der Waals surface area contributed by atoms with Crippen LogP contribution in [0.1, 0.15) is 24.5 Å². The molecular formula is C12H18N4S. The smallest absolute Gasteiger partial charge is 0.0926 e. The third-order valence-electron chi connectivity index (χ3n) is 2.55. The van der Waals surface area contributed by atoms with E-state index in [1.54, 1.807) is 17.5 Å². The summed E-state index contributed by atoms with van der Waals surface area (Å²) in [5.41, 5.74) is 1.14. The highest BCUT2D eigenvalue weighted by atomic mass is 32.1. The summed E-state index contributed by atoms with van der Waals surface area (Å²) in [6.07, 6.45) is 4.81. The second-order valence-corrected chi connectivity index (χ2v) is 5.04. The second kappa shape index (κ2) is 5.93. The van der Waals surface area contributed by atoms with Crippen molar-refractivity contribution in [2.45, 2.75) is 39.4 Å². The summed E-state index contributed by atoms with van der Waals surface area (Å²) in [5.74, 6) is 0. The van der Waals surface area contributed by atoms with Crippen molar-refractivity contribution in [1.29, 1.82) is 0 Å². The van der Waals surface area contributed by atoms with Crippen molar-refractivity contribution in [2.24, 2.45) is 0 Å². The van der Waals surface area contributed by atoms with Gasteiger partial charge in [0.1, 0.15) is 0 Å². The second-order valence-electron chi connectivity index (χ2n) is 4.10. The van der Waals surface area contributed by atoms with Crippen molar-refractivity contribution in [3.8, 4) is 0 Å². The number of rotatable bonds is 6. The van der Waals surface area contributed by atoms with Crippen LogP contribution in [-0.4, -0.2) is 20.8 Å². The van der Waals surface area contributed by atoms with Crippen molar-refractivity contribution in [3.63, 3.8) is 0 Å². The Hall–Kier alpha value is -1.20. The van der Waals surface area contributed by atoms with Crippen molar-refractivity contribution in [1.82, 2.24) is 20.1 Å². The lowest BCUT2D eigenvalue weighted by molar-refractivity contribution is 0.449. The lowest BCUT2D eigenvalue weighted by atomic mass is 10.3. The highest BCUT2D eigenvalue weighted by molar-refractivity contribution is 7.09. The third kappa shape index (κ3) is 3.64. The molecule has 0 aromatic carbocycles. The molecule has 0 spiro atoms. The van der Waals surface area contributed by atoms with Gasteiger partial charge in [0.2, 0.25) is 0 Å². The molecule has 1 N–H and O–H groups in total. The molecule has 4 nitrogen and oxygen atoms in total. The molecule has 0 aliphatic heterocycles. The van der Waals surface area contributed by atoms with E-state index in [-0.39, 0.29) is 0 Å². The predicted octanol–water partition coefficient (Wildman–Crippen LogP) is 2.08. The molecule has 0 amide bonds. The molecule has 0 fully saturated rings. The van der Waals surface area contributed by atoms with Gasteiger partial charge in [0.15, 0.2) is 0 Å². The highest BCUT2D eigenvalue weighted by Crippen LogP contribution is 2.09. The number of aryl methyl sites for hydroxylation is 1. The van der Waals surface area contributed by atoms with E-state index in [9.17, 15) is 0 Å². The summed E-state index contributed by atoms with van der Waals surface area (Å²) >= 11 is 1.74. The van der Waals surface area contributed by atoms with Crippen LogP contribution in [0.5, 0.6) is 0 Å². The van der Waals surface area contributed by atoms with E-state index in [1.807, 2.05) is 16.9 Å². The first-order chi connectivity index (χ1) is 8.28. The Morgan fingerprint density at radius 1 is 1.53 bits per heavy atom. The minimum Gasteiger partial charge on any atom is -0.307 e. The van der Waals surface area contributed by atoms with Crippen LogP contribution in [0.15, 0.2) is 23.8 Å². The number of nitrogens with one attached hydrogen (secondary N) is 1. The normalized spacial score (nSPS) is 12.8. The standard InChI is InChI=1S/C12H18N4S/c1-3-12-15-11(9-17-12)7-13-10(2)8-16-6-4-5-14-16/h4-6,9-10,13H,3,7-8H2,1-2H3/t10-/m1/s1. The maximum Gasteiger partial charge on any atom is 0.0926 e. The van der Waals surface area contributed by atoms with Crippen molar-refractivity contribution in [3.05, 3.63) is 34.5 Å². The zero-order chi connectivity index (χ0) is 12.1. The first-order valence-corrected chi connectivity index (χ1v) is 6.80. The fourth-order valence-electron chi connectivity index (χ4n) is 1.62. The van der Waals surface area contributed by atoms with Crippen molar-refractivity contribution >= 4 is 11.3 Å². The summed E-state index contributed by atoms with van der Waals surface area (Å²) < 4.78 is 1.94. The van der Waals surface area contributed by atoms with Crippen molar-refractivity contribution in [2.75, 3.05) is 0 Å². The van der Waals surface area contributed by atoms with Crippen LogP contribution in [0.25, 0.3) is 0 Å². The van der Waals surface area contributed by atoms with E-state index < -0.39 is 0 Å². The molecule has 0 bridgehead atoms. The van der Waals surface area contributed by atoms with Crippen LogP contribution in [0.3, 0.4) is 0 Å². The molecule has 2 heterocycles. The van der Waals surface area contributed by atoms with Gasteiger partial charge in [-0.2, -0.15) is 5.10 Å². The molecule has 17 heavy (non-hydrogen) atoms. The summed E-state index contributed by atoms with van der Waals surface area (Å²) in [4.78, 5) is 4.53. The monoisotopic (exact) mass is 250 g/mol. The van der Waals surface area contributed by atoms with Gasteiger partial charge in [0, 0.05) is 30.4 Å². The van der Waals surface area contributed by atoms with Crippen molar-refractivity contribution < 1.29 is 0 Å². The van der Waals surface area contributed by atoms with Gasteiger partial charge in [0.05, 0.1) is 17.2 Å². The number of nitrogens with zero attached hydrogens (tertiary/aromatic N) is 3. The number of hydrogen-bond donors (Lipinski definition) is 1. The number of thiazole rings is 1. The first-order valence-electron chi connectivity index (χ1n) is 5.92. The highest BCUT2D eigenvalue weighted by Gasteiger charge is 2.05. The molecule has 0 saturated carbocycles. The first kappa shape index (κ1) is 12.3.